The summed E-state index contributed by atoms with van der Waals surface area (Å²) < 4.78 is 5.40. The third-order valence-electron chi connectivity index (χ3n) is 2.69. The summed E-state index contributed by atoms with van der Waals surface area (Å²) in [6.07, 6.45) is 6.54. The zero-order chi connectivity index (χ0) is 8.39. The molecule has 0 bridgehead atoms. The maximum atomic E-state index is 11.4. The van der Waals surface area contributed by atoms with E-state index in [-0.39, 0.29) is 6.10 Å². The van der Waals surface area contributed by atoms with Crippen LogP contribution in [0.2, 0.25) is 0 Å². The van der Waals surface area contributed by atoms with E-state index in [1.165, 1.54) is 12.8 Å². The number of ether oxygens (including phenoxy) is 1. The average Bonchev–Trinajstić information content (AvgIpc) is 2.66. The molecule has 12 heavy (non-hydrogen) atoms. The lowest BCUT2D eigenvalue weighted by molar-refractivity contribution is -0.121. The molecule has 0 aromatic heterocycles. The lowest BCUT2D eigenvalue weighted by Gasteiger charge is -2.06. The van der Waals surface area contributed by atoms with Crippen LogP contribution in [0.25, 0.3) is 0 Å². The fourth-order valence-electron chi connectivity index (χ4n) is 1.79. The number of rotatable bonds is 4. The van der Waals surface area contributed by atoms with Gasteiger partial charge in [0.25, 0.3) is 0 Å². The van der Waals surface area contributed by atoms with Crippen LogP contribution in [0.5, 0.6) is 0 Å². The van der Waals surface area contributed by atoms with Crippen molar-refractivity contribution >= 4 is 5.78 Å². The molecule has 0 aromatic carbocycles. The molecular weight excluding hydrogens is 152 g/mol. The van der Waals surface area contributed by atoms with Gasteiger partial charge in [-0.05, 0) is 31.6 Å². The maximum absolute atomic E-state index is 11.4. The van der Waals surface area contributed by atoms with Crippen LogP contribution in [0.1, 0.15) is 38.5 Å². The Morgan fingerprint density at radius 3 is 2.67 bits per heavy atom. The van der Waals surface area contributed by atoms with Crippen LogP contribution in [-0.2, 0) is 9.53 Å². The van der Waals surface area contributed by atoms with Crippen LogP contribution in [0.4, 0.5) is 0 Å². The van der Waals surface area contributed by atoms with Gasteiger partial charge in [-0.15, -0.1) is 0 Å². The molecule has 0 spiro atoms. The standard InChI is InChI=1S/C10H16O2/c11-9(6-8-3-4-8)7-10-2-1-5-12-10/h8,10H,1-7H2. The van der Waals surface area contributed by atoms with Gasteiger partial charge in [0.2, 0.25) is 0 Å². The van der Waals surface area contributed by atoms with Gasteiger partial charge in [-0.25, -0.2) is 0 Å². The summed E-state index contributed by atoms with van der Waals surface area (Å²) >= 11 is 0. The highest BCUT2D eigenvalue weighted by atomic mass is 16.5. The first-order chi connectivity index (χ1) is 5.84. The fourth-order valence-corrected chi connectivity index (χ4v) is 1.79. The summed E-state index contributed by atoms with van der Waals surface area (Å²) in [4.78, 5) is 11.4. The molecule has 68 valence electrons. The fraction of sp³-hybridized carbons (Fsp3) is 0.900. The maximum Gasteiger partial charge on any atom is 0.135 e. The third-order valence-corrected chi connectivity index (χ3v) is 2.69. The minimum atomic E-state index is 0.260. The van der Waals surface area contributed by atoms with Crippen molar-refractivity contribution in [1.82, 2.24) is 0 Å². The highest BCUT2D eigenvalue weighted by Gasteiger charge is 2.26. The van der Waals surface area contributed by atoms with Crippen LogP contribution >= 0.6 is 0 Å². The van der Waals surface area contributed by atoms with E-state index in [1.54, 1.807) is 0 Å². The molecule has 0 amide bonds. The van der Waals surface area contributed by atoms with E-state index in [2.05, 4.69) is 0 Å². The van der Waals surface area contributed by atoms with Gasteiger partial charge in [0, 0.05) is 19.4 Å². The van der Waals surface area contributed by atoms with Crippen molar-refractivity contribution in [1.29, 1.82) is 0 Å². The summed E-state index contributed by atoms with van der Waals surface area (Å²) in [6, 6.07) is 0. The van der Waals surface area contributed by atoms with Gasteiger partial charge in [0.1, 0.15) is 5.78 Å². The zero-order valence-electron chi connectivity index (χ0n) is 7.42. The molecule has 1 atom stereocenters. The molecule has 2 fully saturated rings. The Morgan fingerprint density at radius 2 is 2.08 bits per heavy atom. The number of hydrogen-bond donors (Lipinski definition) is 0. The lowest BCUT2D eigenvalue weighted by atomic mass is 10.1. The Hall–Kier alpha value is -0.370. The molecule has 2 heteroatoms. The lowest BCUT2D eigenvalue weighted by Crippen LogP contribution is -2.12. The van der Waals surface area contributed by atoms with Crippen LogP contribution in [0.15, 0.2) is 0 Å². The van der Waals surface area contributed by atoms with Crippen molar-refractivity contribution in [3.05, 3.63) is 0 Å². The number of ketones is 1. The molecule has 2 nitrogen and oxygen atoms in total. The molecule has 0 N–H and O–H groups in total. The topological polar surface area (TPSA) is 26.3 Å². The van der Waals surface area contributed by atoms with E-state index in [9.17, 15) is 4.79 Å². The van der Waals surface area contributed by atoms with Gasteiger partial charge < -0.3 is 4.74 Å². The summed E-state index contributed by atoms with van der Waals surface area (Å²) in [5, 5.41) is 0. The van der Waals surface area contributed by atoms with Crippen molar-refractivity contribution in [3.8, 4) is 0 Å². The molecule has 1 heterocycles. The van der Waals surface area contributed by atoms with E-state index < -0.39 is 0 Å². The van der Waals surface area contributed by atoms with Crippen LogP contribution < -0.4 is 0 Å². The molecule has 2 rings (SSSR count). The number of Topliss-reactive ketones (excluding diaryl/α,β-unsaturated/α-hetero) is 1. The molecule has 1 unspecified atom stereocenters. The smallest absolute Gasteiger partial charge is 0.135 e. The molecule has 2 aliphatic rings. The molecule has 1 aliphatic heterocycles. The Labute approximate surface area is 73.3 Å². The average molecular weight is 168 g/mol. The summed E-state index contributed by atoms with van der Waals surface area (Å²) in [7, 11) is 0. The predicted octanol–water partition coefficient (Wildman–Crippen LogP) is 1.92. The van der Waals surface area contributed by atoms with Gasteiger partial charge in [-0.2, -0.15) is 0 Å². The normalized spacial score (nSPS) is 29.2. The minimum absolute atomic E-state index is 0.260. The van der Waals surface area contributed by atoms with E-state index >= 15 is 0 Å². The Bertz CT molecular complexity index is 167. The quantitative estimate of drug-likeness (QED) is 0.641. The molecule has 1 aliphatic carbocycles. The van der Waals surface area contributed by atoms with Crippen molar-refractivity contribution in [2.24, 2.45) is 5.92 Å². The van der Waals surface area contributed by atoms with Gasteiger partial charge >= 0.3 is 0 Å². The molecular formula is C10H16O2. The van der Waals surface area contributed by atoms with Gasteiger partial charge in [-0.1, -0.05) is 0 Å². The number of hydrogen-bond acceptors (Lipinski definition) is 2. The van der Waals surface area contributed by atoms with Crippen molar-refractivity contribution in [2.75, 3.05) is 6.61 Å². The molecule has 0 radical (unpaired) electrons. The predicted molar refractivity (Wildman–Crippen MR) is 45.9 cm³/mol. The largest absolute Gasteiger partial charge is 0.378 e. The van der Waals surface area contributed by atoms with Gasteiger partial charge in [-0.3, -0.25) is 4.79 Å². The van der Waals surface area contributed by atoms with E-state index in [0.717, 1.165) is 31.8 Å². The second-order valence-corrected chi connectivity index (χ2v) is 4.03. The van der Waals surface area contributed by atoms with Gasteiger partial charge in [0.15, 0.2) is 0 Å². The van der Waals surface area contributed by atoms with Crippen LogP contribution in [-0.4, -0.2) is 18.5 Å². The van der Waals surface area contributed by atoms with Crippen LogP contribution in [0.3, 0.4) is 0 Å². The number of carbonyl (C=O) groups is 1. The minimum Gasteiger partial charge on any atom is -0.378 e. The third kappa shape index (κ3) is 2.31. The SMILES string of the molecule is O=C(CC1CC1)CC1CCCO1. The van der Waals surface area contributed by atoms with E-state index in [0.29, 0.717) is 12.2 Å². The Balaban J connectivity index is 1.66. The molecule has 0 aromatic rings. The zero-order valence-corrected chi connectivity index (χ0v) is 7.42. The summed E-state index contributed by atoms with van der Waals surface area (Å²) in [5.74, 6) is 1.16. The molecule has 1 saturated carbocycles. The Morgan fingerprint density at radius 1 is 1.25 bits per heavy atom. The second kappa shape index (κ2) is 3.56. The van der Waals surface area contributed by atoms with Crippen molar-refractivity contribution < 1.29 is 9.53 Å². The summed E-state index contributed by atoms with van der Waals surface area (Å²) in [6.45, 7) is 0.862. The monoisotopic (exact) mass is 168 g/mol. The van der Waals surface area contributed by atoms with E-state index in [1.807, 2.05) is 0 Å². The molecule has 1 saturated heterocycles. The Kier molecular flexibility index (Phi) is 2.45. The first kappa shape index (κ1) is 8.24. The highest BCUT2D eigenvalue weighted by Crippen LogP contribution is 2.33. The second-order valence-electron chi connectivity index (χ2n) is 4.03. The summed E-state index contributed by atoms with van der Waals surface area (Å²) in [5.41, 5.74) is 0. The van der Waals surface area contributed by atoms with Crippen molar-refractivity contribution in [2.45, 2.75) is 44.6 Å². The first-order valence-corrected chi connectivity index (χ1v) is 4.98. The van der Waals surface area contributed by atoms with Crippen LogP contribution in [0, 0.1) is 5.92 Å². The number of carbonyl (C=O) groups excluding carboxylic acids is 1. The van der Waals surface area contributed by atoms with Gasteiger partial charge in [0.05, 0.1) is 6.10 Å². The highest BCUT2D eigenvalue weighted by molar-refractivity contribution is 5.79. The van der Waals surface area contributed by atoms with Crippen molar-refractivity contribution in [3.63, 3.8) is 0 Å². The van der Waals surface area contributed by atoms with E-state index in [4.69, 9.17) is 4.74 Å². The first-order valence-electron chi connectivity index (χ1n) is 4.98.